The van der Waals surface area contributed by atoms with Gasteiger partial charge in [-0.1, -0.05) is 43.8 Å². The highest BCUT2D eigenvalue weighted by molar-refractivity contribution is 8.00. The van der Waals surface area contributed by atoms with Gasteiger partial charge in [0.1, 0.15) is 0 Å². The number of thioether (sulfide) groups is 1. The van der Waals surface area contributed by atoms with Crippen molar-refractivity contribution in [1.82, 2.24) is 14.5 Å². The molecule has 3 rings (SSSR count). The van der Waals surface area contributed by atoms with E-state index >= 15 is 0 Å². The van der Waals surface area contributed by atoms with Crippen LogP contribution in [-0.2, 0) is 11.3 Å². The lowest BCUT2D eigenvalue weighted by molar-refractivity contribution is -0.132. The highest BCUT2D eigenvalue weighted by Gasteiger charge is 2.29. The van der Waals surface area contributed by atoms with Gasteiger partial charge in [0, 0.05) is 19.6 Å². The Morgan fingerprint density at radius 3 is 2.67 bits per heavy atom. The van der Waals surface area contributed by atoms with Crippen molar-refractivity contribution in [2.24, 2.45) is 11.8 Å². The topological polar surface area (TPSA) is 55.2 Å². The molecule has 1 aliphatic heterocycles. The highest BCUT2D eigenvalue weighted by atomic mass is 32.2. The first-order valence-corrected chi connectivity index (χ1v) is 10.3. The number of aromatic nitrogens is 2. The molecule has 0 spiro atoms. The van der Waals surface area contributed by atoms with Gasteiger partial charge >= 0.3 is 0 Å². The highest BCUT2D eigenvalue weighted by Crippen LogP contribution is 2.27. The minimum Gasteiger partial charge on any atom is -0.341 e. The first kappa shape index (κ1) is 19.7. The van der Waals surface area contributed by atoms with E-state index in [4.69, 9.17) is 0 Å². The molecular formula is C21H27N3O2S. The van der Waals surface area contributed by atoms with Crippen LogP contribution in [0.4, 0.5) is 0 Å². The summed E-state index contributed by atoms with van der Waals surface area (Å²) in [5, 5.41) is 0.852. The number of carbonyl (C=O) groups excluding carboxylic acids is 1. The summed E-state index contributed by atoms with van der Waals surface area (Å²) in [5.41, 5.74) is 0.563. The van der Waals surface area contributed by atoms with Gasteiger partial charge in [0.2, 0.25) is 5.91 Å². The molecule has 0 N–H and O–H groups in total. The van der Waals surface area contributed by atoms with E-state index in [2.05, 4.69) is 25.4 Å². The minimum absolute atomic E-state index is 0.0946. The largest absolute Gasteiger partial charge is 0.341 e. The zero-order valence-corrected chi connectivity index (χ0v) is 17.0. The van der Waals surface area contributed by atoms with E-state index in [1.54, 1.807) is 16.7 Å². The number of hydrogen-bond acceptors (Lipinski definition) is 4. The molecule has 1 saturated heterocycles. The predicted octanol–water partition coefficient (Wildman–Crippen LogP) is 3.57. The zero-order valence-electron chi connectivity index (χ0n) is 16.2. The van der Waals surface area contributed by atoms with Crippen LogP contribution in [0.15, 0.2) is 46.9 Å². The molecule has 1 amide bonds. The van der Waals surface area contributed by atoms with E-state index in [1.165, 1.54) is 11.8 Å². The second-order valence-electron chi connectivity index (χ2n) is 7.57. The van der Waals surface area contributed by atoms with E-state index < -0.39 is 0 Å². The molecule has 0 saturated carbocycles. The summed E-state index contributed by atoms with van der Waals surface area (Å²) in [6.07, 6.45) is 2.85. The van der Waals surface area contributed by atoms with Crippen molar-refractivity contribution in [3.63, 3.8) is 0 Å². The maximum Gasteiger partial charge on any atom is 0.262 e. The van der Waals surface area contributed by atoms with Gasteiger partial charge in [-0.3, -0.25) is 14.2 Å². The summed E-state index contributed by atoms with van der Waals surface area (Å²) in [4.78, 5) is 32.5. The number of carbonyl (C=O) groups is 1. The summed E-state index contributed by atoms with van der Waals surface area (Å²) in [6, 6.07) is 7.32. The van der Waals surface area contributed by atoms with Crippen molar-refractivity contribution < 1.29 is 4.79 Å². The van der Waals surface area contributed by atoms with Gasteiger partial charge in [-0.05, 0) is 37.3 Å². The van der Waals surface area contributed by atoms with Crippen LogP contribution in [0.1, 0.15) is 27.2 Å². The monoisotopic (exact) mass is 385 g/mol. The number of likely N-dealkylation sites (tertiary alicyclic amines) is 1. The second kappa shape index (κ2) is 8.30. The van der Waals surface area contributed by atoms with Gasteiger partial charge in [0.15, 0.2) is 5.16 Å². The number of piperidine rings is 1. The minimum atomic E-state index is -0.299. The molecular weight excluding hydrogens is 358 g/mol. The van der Waals surface area contributed by atoms with Crippen molar-refractivity contribution in [2.45, 2.75) is 44.1 Å². The van der Waals surface area contributed by atoms with Crippen molar-refractivity contribution in [2.75, 3.05) is 13.1 Å². The number of nitrogens with zero attached hydrogens (tertiary/aromatic N) is 3. The van der Waals surface area contributed by atoms with Crippen LogP contribution < -0.4 is 5.56 Å². The summed E-state index contributed by atoms with van der Waals surface area (Å²) >= 11 is 1.36. The number of benzene rings is 1. The quantitative estimate of drug-likeness (QED) is 0.449. The average Bonchev–Trinajstić information content (AvgIpc) is 2.63. The third kappa shape index (κ3) is 4.26. The Morgan fingerprint density at radius 2 is 2.00 bits per heavy atom. The fraction of sp³-hybridized carbons (Fsp3) is 0.476. The summed E-state index contributed by atoms with van der Waals surface area (Å²) in [5.74, 6) is 1.16. The normalized spacial score (nSPS) is 21.2. The Kier molecular flexibility index (Phi) is 6.05. The van der Waals surface area contributed by atoms with Gasteiger partial charge in [-0.15, -0.1) is 6.58 Å². The fourth-order valence-corrected chi connectivity index (χ4v) is 4.84. The van der Waals surface area contributed by atoms with Crippen LogP contribution in [-0.4, -0.2) is 38.7 Å². The molecule has 3 atom stereocenters. The lowest BCUT2D eigenvalue weighted by Crippen LogP contribution is -2.45. The average molecular weight is 386 g/mol. The van der Waals surface area contributed by atoms with E-state index in [0.29, 0.717) is 34.4 Å². The van der Waals surface area contributed by atoms with Crippen LogP contribution in [0, 0.1) is 11.8 Å². The van der Waals surface area contributed by atoms with Gasteiger partial charge in [-0.2, -0.15) is 0 Å². The van der Waals surface area contributed by atoms with Crippen molar-refractivity contribution in [1.29, 1.82) is 0 Å². The molecule has 2 aromatic rings. The number of para-hydroxylation sites is 1. The number of fused-ring (bicyclic) bond motifs is 1. The van der Waals surface area contributed by atoms with Gasteiger partial charge < -0.3 is 4.90 Å². The summed E-state index contributed by atoms with van der Waals surface area (Å²) in [6.45, 7) is 12.0. The fourth-order valence-electron chi connectivity index (χ4n) is 3.84. The summed E-state index contributed by atoms with van der Waals surface area (Å²) in [7, 11) is 0. The molecule has 1 aromatic carbocycles. The van der Waals surface area contributed by atoms with E-state index in [1.807, 2.05) is 30.0 Å². The Hall–Kier alpha value is -2.08. The molecule has 0 radical (unpaired) electrons. The zero-order chi connectivity index (χ0) is 19.6. The number of hydrogen-bond donors (Lipinski definition) is 0. The van der Waals surface area contributed by atoms with E-state index in [9.17, 15) is 9.59 Å². The number of amides is 1. The Balaban J connectivity index is 1.88. The van der Waals surface area contributed by atoms with Crippen LogP contribution >= 0.6 is 11.8 Å². The Labute approximate surface area is 164 Å². The summed E-state index contributed by atoms with van der Waals surface area (Å²) < 4.78 is 1.60. The van der Waals surface area contributed by atoms with Crippen molar-refractivity contribution in [3.05, 3.63) is 47.3 Å². The molecule has 0 aliphatic carbocycles. The predicted molar refractivity (Wildman–Crippen MR) is 111 cm³/mol. The molecule has 0 bridgehead atoms. The Bertz CT molecular complexity index is 898. The van der Waals surface area contributed by atoms with Crippen LogP contribution in [0.3, 0.4) is 0 Å². The molecule has 144 valence electrons. The number of rotatable bonds is 5. The molecule has 1 aliphatic rings. The maximum atomic E-state index is 13.0. The van der Waals surface area contributed by atoms with Gasteiger partial charge in [-0.25, -0.2) is 4.98 Å². The number of allylic oxidation sites excluding steroid dienone is 1. The molecule has 3 unspecified atom stereocenters. The smallest absolute Gasteiger partial charge is 0.262 e. The van der Waals surface area contributed by atoms with Gasteiger partial charge in [0.05, 0.1) is 16.2 Å². The maximum absolute atomic E-state index is 13.0. The van der Waals surface area contributed by atoms with E-state index in [-0.39, 0.29) is 16.7 Å². The molecule has 2 heterocycles. The van der Waals surface area contributed by atoms with Crippen molar-refractivity contribution >= 4 is 28.6 Å². The van der Waals surface area contributed by atoms with Crippen LogP contribution in [0.25, 0.3) is 10.9 Å². The molecule has 27 heavy (non-hydrogen) atoms. The van der Waals surface area contributed by atoms with Crippen LogP contribution in [0.2, 0.25) is 0 Å². The third-order valence-corrected chi connectivity index (χ3v) is 6.03. The molecule has 1 fully saturated rings. The van der Waals surface area contributed by atoms with Crippen molar-refractivity contribution in [3.8, 4) is 0 Å². The first-order valence-electron chi connectivity index (χ1n) is 9.46. The van der Waals surface area contributed by atoms with E-state index in [0.717, 1.165) is 19.5 Å². The third-order valence-electron chi connectivity index (χ3n) is 4.95. The Morgan fingerprint density at radius 1 is 1.33 bits per heavy atom. The standard InChI is InChI=1S/C21H27N3O2S/c1-5-10-24-20(26)17-8-6-7-9-18(17)22-21(24)27-16(4)19(25)23-12-14(2)11-15(3)13-23/h5-9,14-16H,1,10-13H2,2-4H3. The SMILES string of the molecule is C=CCn1c(SC(C)C(=O)N2CC(C)CC(C)C2)nc2ccccc2c1=O. The lowest BCUT2D eigenvalue weighted by atomic mass is 9.92. The molecule has 6 heteroatoms. The second-order valence-corrected chi connectivity index (χ2v) is 8.87. The lowest BCUT2D eigenvalue weighted by Gasteiger charge is -2.36. The first-order chi connectivity index (χ1) is 12.9. The van der Waals surface area contributed by atoms with Gasteiger partial charge in [0.25, 0.3) is 5.56 Å². The van der Waals surface area contributed by atoms with Crippen LogP contribution in [0.5, 0.6) is 0 Å². The molecule has 5 nitrogen and oxygen atoms in total. The molecule has 1 aromatic heterocycles.